The van der Waals surface area contributed by atoms with E-state index in [1.807, 2.05) is 31.0 Å². The zero-order valence-electron chi connectivity index (χ0n) is 14.6. The van der Waals surface area contributed by atoms with Crippen LogP contribution < -0.4 is 10.2 Å². The molecule has 7 heteroatoms. The first-order chi connectivity index (χ1) is 11.4. The number of hydrogen-bond donors (Lipinski definition) is 1. The standard InChI is InChI=1S/C17H26N4O3/c1-13-4-5-15(16(10-13)21(23)24)19(3)11-14-6-8-20(9-7-14)12-17(22)18-2/h4-5,10,14H,6-9,11-12H2,1-3H3,(H,18,22). The zero-order valence-corrected chi connectivity index (χ0v) is 14.6. The van der Waals surface area contributed by atoms with Gasteiger partial charge in [-0.1, -0.05) is 6.07 Å². The molecule has 1 saturated heterocycles. The highest BCUT2D eigenvalue weighted by Gasteiger charge is 2.24. The predicted octanol–water partition coefficient (Wildman–Crippen LogP) is 1.80. The fourth-order valence-electron chi connectivity index (χ4n) is 3.20. The Kier molecular flexibility index (Phi) is 6.14. The number of carbonyl (C=O) groups excluding carboxylic acids is 1. The van der Waals surface area contributed by atoms with Gasteiger partial charge in [0.1, 0.15) is 5.69 Å². The molecule has 7 nitrogen and oxygen atoms in total. The van der Waals surface area contributed by atoms with Crippen LogP contribution in [0.2, 0.25) is 0 Å². The quantitative estimate of drug-likeness (QED) is 0.634. The Bertz CT molecular complexity index is 597. The van der Waals surface area contributed by atoms with Gasteiger partial charge in [-0.05, 0) is 50.4 Å². The van der Waals surface area contributed by atoms with Crippen molar-refractivity contribution in [3.63, 3.8) is 0 Å². The van der Waals surface area contributed by atoms with Crippen molar-refractivity contribution in [3.05, 3.63) is 33.9 Å². The van der Waals surface area contributed by atoms with E-state index in [2.05, 4.69) is 10.2 Å². The number of nitrogens with one attached hydrogen (secondary N) is 1. The van der Waals surface area contributed by atoms with Gasteiger partial charge >= 0.3 is 0 Å². The number of anilines is 1. The lowest BCUT2D eigenvalue weighted by atomic mass is 9.96. The van der Waals surface area contributed by atoms with E-state index in [1.165, 1.54) is 0 Å². The highest BCUT2D eigenvalue weighted by atomic mass is 16.6. The molecule has 0 spiro atoms. The second-order valence-electron chi connectivity index (χ2n) is 6.52. The van der Waals surface area contributed by atoms with Gasteiger partial charge in [0.15, 0.2) is 0 Å². The van der Waals surface area contributed by atoms with Crippen molar-refractivity contribution < 1.29 is 9.72 Å². The van der Waals surface area contributed by atoms with Gasteiger partial charge in [0.25, 0.3) is 5.69 Å². The molecule has 1 aliphatic rings. The lowest BCUT2D eigenvalue weighted by Gasteiger charge is -2.33. The number of amides is 1. The van der Waals surface area contributed by atoms with E-state index in [-0.39, 0.29) is 16.5 Å². The maximum absolute atomic E-state index is 11.4. The molecule has 2 rings (SSSR count). The van der Waals surface area contributed by atoms with Crippen LogP contribution in [-0.4, -0.2) is 56.0 Å². The molecule has 24 heavy (non-hydrogen) atoms. The highest BCUT2D eigenvalue weighted by Crippen LogP contribution is 2.30. The lowest BCUT2D eigenvalue weighted by molar-refractivity contribution is -0.384. The summed E-state index contributed by atoms with van der Waals surface area (Å²) in [6.45, 7) is 4.88. The number of likely N-dealkylation sites (N-methyl/N-ethyl adjacent to an activating group) is 1. The van der Waals surface area contributed by atoms with E-state index in [0.29, 0.717) is 18.2 Å². The van der Waals surface area contributed by atoms with Gasteiger partial charge in [0, 0.05) is 26.7 Å². The molecule has 1 N–H and O–H groups in total. The van der Waals surface area contributed by atoms with E-state index >= 15 is 0 Å². The molecule has 1 aromatic rings. The molecule has 0 atom stereocenters. The summed E-state index contributed by atoms with van der Waals surface area (Å²) < 4.78 is 0. The summed E-state index contributed by atoms with van der Waals surface area (Å²) in [7, 11) is 3.56. The van der Waals surface area contributed by atoms with Crippen LogP contribution in [0.4, 0.5) is 11.4 Å². The van der Waals surface area contributed by atoms with Gasteiger partial charge in [0.2, 0.25) is 5.91 Å². The fraction of sp³-hybridized carbons (Fsp3) is 0.588. The maximum Gasteiger partial charge on any atom is 0.292 e. The largest absolute Gasteiger partial charge is 0.369 e. The summed E-state index contributed by atoms with van der Waals surface area (Å²) in [4.78, 5) is 26.5. The molecular formula is C17H26N4O3. The number of hydrogen-bond acceptors (Lipinski definition) is 5. The average molecular weight is 334 g/mol. The number of nitro groups is 1. The third-order valence-electron chi connectivity index (χ3n) is 4.62. The van der Waals surface area contributed by atoms with Gasteiger partial charge in [-0.2, -0.15) is 0 Å². The first-order valence-electron chi connectivity index (χ1n) is 8.29. The molecule has 1 heterocycles. The number of nitrogens with zero attached hydrogens (tertiary/aromatic N) is 3. The third kappa shape index (κ3) is 4.67. The normalized spacial score (nSPS) is 16.0. The number of nitro benzene ring substituents is 1. The van der Waals surface area contributed by atoms with Crippen LogP contribution in [0.3, 0.4) is 0 Å². The number of aryl methyl sites for hydroxylation is 1. The number of rotatable bonds is 6. The average Bonchev–Trinajstić information content (AvgIpc) is 2.56. The molecule has 1 fully saturated rings. The van der Waals surface area contributed by atoms with Crippen molar-refractivity contribution in [3.8, 4) is 0 Å². The molecule has 0 aliphatic carbocycles. The SMILES string of the molecule is CNC(=O)CN1CCC(CN(C)c2ccc(C)cc2[N+](=O)[O-])CC1. The van der Waals surface area contributed by atoms with Gasteiger partial charge in [-0.15, -0.1) is 0 Å². The predicted molar refractivity (Wildman–Crippen MR) is 94.3 cm³/mol. The summed E-state index contributed by atoms with van der Waals surface area (Å²) in [6, 6.07) is 5.36. The Morgan fingerprint density at radius 2 is 2.08 bits per heavy atom. The fourth-order valence-corrected chi connectivity index (χ4v) is 3.20. The van der Waals surface area contributed by atoms with Gasteiger partial charge in [0.05, 0.1) is 11.5 Å². The number of benzene rings is 1. The first kappa shape index (κ1) is 18.2. The van der Waals surface area contributed by atoms with E-state index in [1.54, 1.807) is 13.1 Å². The second kappa shape index (κ2) is 8.10. The molecular weight excluding hydrogens is 308 g/mol. The van der Waals surface area contributed by atoms with Crippen LogP contribution >= 0.6 is 0 Å². The molecule has 0 unspecified atom stereocenters. The minimum absolute atomic E-state index is 0.0425. The van der Waals surface area contributed by atoms with Crippen molar-refractivity contribution in [2.24, 2.45) is 5.92 Å². The molecule has 0 radical (unpaired) electrons. The molecule has 0 saturated carbocycles. The Hall–Kier alpha value is -2.15. The summed E-state index contributed by atoms with van der Waals surface area (Å²) in [5.41, 5.74) is 1.72. The van der Waals surface area contributed by atoms with Gasteiger partial charge in [-0.3, -0.25) is 19.8 Å². The monoisotopic (exact) mass is 334 g/mol. The molecule has 1 aromatic carbocycles. The van der Waals surface area contributed by atoms with Crippen LogP contribution in [0.5, 0.6) is 0 Å². The Labute approximate surface area is 142 Å². The van der Waals surface area contributed by atoms with E-state index in [4.69, 9.17) is 0 Å². The molecule has 132 valence electrons. The summed E-state index contributed by atoms with van der Waals surface area (Å²) in [6.07, 6.45) is 2.00. The van der Waals surface area contributed by atoms with Crippen LogP contribution in [-0.2, 0) is 4.79 Å². The highest BCUT2D eigenvalue weighted by molar-refractivity contribution is 5.77. The van der Waals surface area contributed by atoms with Gasteiger partial charge < -0.3 is 10.2 Å². The minimum atomic E-state index is -0.315. The zero-order chi connectivity index (χ0) is 17.7. The van der Waals surface area contributed by atoms with Crippen molar-refractivity contribution in [1.29, 1.82) is 0 Å². The summed E-state index contributed by atoms with van der Waals surface area (Å²) in [5, 5.41) is 13.9. The second-order valence-corrected chi connectivity index (χ2v) is 6.52. The van der Waals surface area contributed by atoms with Crippen molar-refractivity contribution in [1.82, 2.24) is 10.2 Å². The first-order valence-corrected chi connectivity index (χ1v) is 8.29. The van der Waals surface area contributed by atoms with Crippen LogP contribution in [0.25, 0.3) is 0 Å². The van der Waals surface area contributed by atoms with E-state index < -0.39 is 0 Å². The van der Waals surface area contributed by atoms with Crippen LogP contribution in [0.1, 0.15) is 18.4 Å². The van der Waals surface area contributed by atoms with E-state index in [0.717, 1.165) is 38.0 Å². The van der Waals surface area contributed by atoms with Crippen molar-refractivity contribution in [2.75, 3.05) is 45.2 Å². The molecule has 1 aliphatic heterocycles. The number of likely N-dealkylation sites (tertiary alicyclic amines) is 1. The van der Waals surface area contributed by atoms with Crippen molar-refractivity contribution in [2.45, 2.75) is 19.8 Å². The van der Waals surface area contributed by atoms with Crippen LogP contribution in [0.15, 0.2) is 18.2 Å². The smallest absolute Gasteiger partial charge is 0.292 e. The third-order valence-corrected chi connectivity index (χ3v) is 4.62. The Morgan fingerprint density at radius 1 is 1.42 bits per heavy atom. The molecule has 1 amide bonds. The molecule has 0 aromatic heterocycles. The Morgan fingerprint density at radius 3 is 2.67 bits per heavy atom. The van der Waals surface area contributed by atoms with E-state index in [9.17, 15) is 14.9 Å². The van der Waals surface area contributed by atoms with Gasteiger partial charge in [-0.25, -0.2) is 0 Å². The van der Waals surface area contributed by atoms with Crippen molar-refractivity contribution >= 4 is 17.3 Å². The maximum atomic E-state index is 11.4. The summed E-state index contributed by atoms with van der Waals surface area (Å²) in [5.74, 6) is 0.526. The van der Waals surface area contributed by atoms with Crippen LogP contribution in [0, 0.1) is 23.0 Å². The summed E-state index contributed by atoms with van der Waals surface area (Å²) >= 11 is 0. The number of carbonyl (C=O) groups is 1. The number of piperidine rings is 1. The topological polar surface area (TPSA) is 78.7 Å². The minimum Gasteiger partial charge on any atom is -0.369 e. The Balaban J connectivity index is 1.93. The lowest BCUT2D eigenvalue weighted by Crippen LogP contribution is -2.42. The molecule has 0 bridgehead atoms.